The lowest BCUT2D eigenvalue weighted by atomic mass is 9.87. The minimum absolute atomic E-state index is 0.641. The quantitative estimate of drug-likeness (QED) is 0.692. The summed E-state index contributed by atoms with van der Waals surface area (Å²) in [6, 6.07) is 0.641. The van der Waals surface area contributed by atoms with Crippen molar-refractivity contribution < 1.29 is 0 Å². The molecule has 2 N–H and O–H groups in total. The van der Waals surface area contributed by atoms with E-state index in [1.54, 1.807) is 0 Å². The van der Waals surface area contributed by atoms with Gasteiger partial charge >= 0.3 is 0 Å². The second-order valence-corrected chi connectivity index (χ2v) is 5.98. The van der Waals surface area contributed by atoms with Crippen molar-refractivity contribution in [2.75, 3.05) is 19.6 Å². The molecule has 0 bridgehead atoms. The van der Waals surface area contributed by atoms with Gasteiger partial charge in [0.25, 0.3) is 0 Å². The van der Waals surface area contributed by atoms with Crippen molar-refractivity contribution in [1.82, 2.24) is 4.90 Å². The van der Waals surface area contributed by atoms with Crippen LogP contribution >= 0.6 is 0 Å². The van der Waals surface area contributed by atoms with Crippen LogP contribution in [-0.2, 0) is 0 Å². The molecule has 1 aliphatic rings. The minimum atomic E-state index is 0.641. The first-order valence-corrected chi connectivity index (χ1v) is 7.63. The summed E-state index contributed by atoms with van der Waals surface area (Å²) < 4.78 is 0. The summed E-state index contributed by atoms with van der Waals surface area (Å²) in [6.07, 6.45) is 8.10. The summed E-state index contributed by atoms with van der Waals surface area (Å²) in [5, 5.41) is 0. The fourth-order valence-corrected chi connectivity index (χ4v) is 2.88. The highest BCUT2D eigenvalue weighted by atomic mass is 15.2. The molecule has 1 rings (SSSR count). The molecule has 3 atom stereocenters. The van der Waals surface area contributed by atoms with Gasteiger partial charge in [0.15, 0.2) is 0 Å². The number of rotatable bonds is 7. The summed E-state index contributed by atoms with van der Waals surface area (Å²) in [4.78, 5) is 2.65. The van der Waals surface area contributed by atoms with Gasteiger partial charge in [0.05, 0.1) is 0 Å². The molecule has 0 aliphatic carbocycles. The molecule has 102 valence electrons. The van der Waals surface area contributed by atoms with Crippen molar-refractivity contribution in [3.8, 4) is 0 Å². The summed E-state index contributed by atoms with van der Waals surface area (Å²) >= 11 is 0. The molecule has 1 fully saturated rings. The fourth-order valence-electron chi connectivity index (χ4n) is 2.88. The average molecular weight is 240 g/mol. The first-order chi connectivity index (χ1) is 8.19. The highest BCUT2D eigenvalue weighted by Crippen LogP contribution is 2.25. The molecule has 0 aromatic heterocycles. The molecular formula is C15H32N2. The second kappa shape index (κ2) is 8.10. The molecule has 17 heavy (non-hydrogen) atoms. The van der Waals surface area contributed by atoms with Gasteiger partial charge in [0, 0.05) is 19.1 Å². The Morgan fingerprint density at radius 3 is 2.53 bits per heavy atom. The molecule has 0 radical (unpaired) electrons. The standard InChI is InChI=1S/C15H32N2/c1-4-5-6-7-8-15(11-16)17-10-9-13(2)14(3)12-17/h13-15H,4-12,16H2,1-3H3. The number of nitrogens with two attached hydrogens (primary N) is 1. The van der Waals surface area contributed by atoms with Crippen LogP contribution < -0.4 is 5.73 Å². The van der Waals surface area contributed by atoms with E-state index >= 15 is 0 Å². The summed E-state index contributed by atoms with van der Waals surface area (Å²) in [5.74, 6) is 1.73. The van der Waals surface area contributed by atoms with E-state index in [-0.39, 0.29) is 0 Å². The van der Waals surface area contributed by atoms with E-state index < -0.39 is 0 Å². The summed E-state index contributed by atoms with van der Waals surface area (Å²) in [5.41, 5.74) is 5.96. The third kappa shape index (κ3) is 4.97. The Hall–Kier alpha value is -0.0800. The van der Waals surface area contributed by atoms with E-state index in [0.29, 0.717) is 6.04 Å². The van der Waals surface area contributed by atoms with Crippen LogP contribution in [0.3, 0.4) is 0 Å². The van der Waals surface area contributed by atoms with Gasteiger partial charge in [-0.05, 0) is 31.2 Å². The maximum atomic E-state index is 5.96. The molecule has 2 nitrogen and oxygen atoms in total. The van der Waals surface area contributed by atoms with Crippen LogP contribution in [0.5, 0.6) is 0 Å². The maximum Gasteiger partial charge on any atom is 0.0218 e. The van der Waals surface area contributed by atoms with Crippen LogP contribution in [-0.4, -0.2) is 30.6 Å². The lowest BCUT2D eigenvalue weighted by Crippen LogP contribution is -2.47. The van der Waals surface area contributed by atoms with Gasteiger partial charge in [-0.1, -0.05) is 46.5 Å². The van der Waals surface area contributed by atoms with E-state index in [4.69, 9.17) is 5.73 Å². The molecule has 0 aromatic rings. The van der Waals surface area contributed by atoms with Gasteiger partial charge in [-0.25, -0.2) is 0 Å². The lowest BCUT2D eigenvalue weighted by Gasteiger charge is -2.40. The Morgan fingerprint density at radius 1 is 1.18 bits per heavy atom. The molecule has 0 saturated carbocycles. The molecule has 1 heterocycles. The van der Waals surface area contributed by atoms with Crippen molar-refractivity contribution in [3.05, 3.63) is 0 Å². The first kappa shape index (κ1) is 15.0. The van der Waals surface area contributed by atoms with E-state index in [2.05, 4.69) is 25.7 Å². The van der Waals surface area contributed by atoms with Crippen LogP contribution in [0.4, 0.5) is 0 Å². The third-order valence-electron chi connectivity index (χ3n) is 4.54. The zero-order chi connectivity index (χ0) is 12.7. The van der Waals surface area contributed by atoms with E-state index in [1.807, 2.05) is 0 Å². The highest BCUT2D eigenvalue weighted by molar-refractivity contribution is 4.81. The van der Waals surface area contributed by atoms with Crippen molar-refractivity contribution in [2.24, 2.45) is 17.6 Å². The van der Waals surface area contributed by atoms with Crippen molar-refractivity contribution in [2.45, 2.75) is 65.3 Å². The largest absolute Gasteiger partial charge is 0.329 e. The van der Waals surface area contributed by atoms with Gasteiger partial charge in [-0.15, -0.1) is 0 Å². The molecule has 0 aromatic carbocycles. The predicted octanol–water partition coefficient (Wildman–Crippen LogP) is 3.26. The molecular weight excluding hydrogens is 208 g/mol. The third-order valence-corrected chi connectivity index (χ3v) is 4.54. The number of nitrogens with zero attached hydrogens (tertiary/aromatic N) is 1. The second-order valence-electron chi connectivity index (χ2n) is 5.98. The lowest BCUT2D eigenvalue weighted by molar-refractivity contribution is 0.0929. The van der Waals surface area contributed by atoms with E-state index in [9.17, 15) is 0 Å². The first-order valence-electron chi connectivity index (χ1n) is 7.63. The molecule has 2 heteroatoms. The van der Waals surface area contributed by atoms with Gasteiger partial charge in [0.2, 0.25) is 0 Å². The van der Waals surface area contributed by atoms with Crippen LogP contribution in [0.25, 0.3) is 0 Å². The smallest absolute Gasteiger partial charge is 0.0218 e. The molecule has 1 saturated heterocycles. The van der Waals surface area contributed by atoms with Gasteiger partial charge < -0.3 is 5.73 Å². The molecule has 3 unspecified atom stereocenters. The number of hydrogen-bond acceptors (Lipinski definition) is 2. The van der Waals surface area contributed by atoms with Crippen molar-refractivity contribution in [1.29, 1.82) is 0 Å². The van der Waals surface area contributed by atoms with Gasteiger partial charge in [-0.3, -0.25) is 4.90 Å². The molecule has 1 aliphatic heterocycles. The maximum absolute atomic E-state index is 5.96. The SMILES string of the molecule is CCCCCCC(CN)N1CCC(C)C(C)C1. The number of piperidine rings is 1. The number of unbranched alkanes of at least 4 members (excludes halogenated alkanes) is 3. The summed E-state index contributed by atoms with van der Waals surface area (Å²) in [6.45, 7) is 10.4. The minimum Gasteiger partial charge on any atom is -0.329 e. The Labute approximate surface area is 108 Å². The normalized spacial score (nSPS) is 28.2. The number of hydrogen-bond donors (Lipinski definition) is 1. The summed E-state index contributed by atoms with van der Waals surface area (Å²) in [7, 11) is 0. The Morgan fingerprint density at radius 2 is 1.94 bits per heavy atom. The van der Waals surface area contributed by atoms with E-state index in [1.165, 1.54) is 51.6 Å². The zero-order valence-electron chi connectivity index (χ0n) is 12.1. The topological polar surface area (TPSA) is 29.3 Å². The molecule has 0 amide bonds. The Kier molecular flexibility index (Phi) is 7.14. The van der Waals surface area contributed by atoms with Crippen molar-refractivity contribution >= 4 is 0 Å². The highest BCUT2D eigenvalue weighted by Gasteiger charge is 2.26. The Bertz CT molecular complexity index is 193. The fraction of sp³-hybridized carbons (Fsp3) is 1.00. The zero-order valence-corrected chi connectivity index (χ0v) is 12.1. The van der Waals surface area contributed by atoms with E-state index in [0.717, 1.165) is 18.4 Å². The monoisotopic (exact) mass is 240 g/mol. The van der Waals surface area contributed by atoms with Crippen LogP contribution in [0.1, 0.15) is 59.3 Å². The van der Waals surface area contributed by atoms with Gasteiger partial charge in [-0.2, -0.15) is 0 Å². The van der Waals surface area contributed by atoms with Crippen LogP contribution in [0.2, 0.25) is 0 Å². The van der Waals surface area contributed by atoms with Crippen LogP contribution in [0, 0.1) is 11.8 Å². The predicted molar refractivity (Wildman–Crippen MR) is 76.1 cm³/mol. The van der Waals surface area contributed by atoms with Gasteiger partial charge in [0.1, 0.15) is 0 Å². The Balaban J connectivity index is 2.29. The average Bonchev–Trinajstić information content (AvgIpc) is 2.33. The van der Waals surface area contributed by atoms with Crippen molar-refractivity contribution in [3.63, 3.8) is 0 Å². The number of likely N-dealkylation sites (tertiary alicyclic amines) is 1. The molecule has 0 spiro atoms. The van der Waals surface area contributed by atoms with Crippen LogP contribution in [0.15, 0.2) is 0 Å².